The summed E-state index contributed by atoms with van der Waals surface area (Å²) in [4.78, 5) is 19.0. The van der Waals surface area contributed by atoms with Crippen molar-refractivity contribution in [3.63, 3.8) is 0 Å². The molecule has 0 bridgehead atoms. The first kappa shape index (κ1) is 14.8. The van der Waals surface area contributed by atoms with Gasteiger partial charge in [-0.2, -0.15) is 0 Å². The van der Waals surface area contributed by atoms with Crippen molar-refractivity contribution < 1.29 is 14.3 Å². The summed E-state index contributed by atoms with van der Waals surface area (Å²) in [5, 5.41) is 2.91. The topological polar surface area (TPSA) is 63.7 Å². The minimum absolute atomic E-state index is 0.142. The number of nitrogens with one attached hydrogen (secondary N) is 1. The summed E-state index contributed by atoms with van der Waals surface area (Å²) in [6.45, 7) is 2.80. The molecule has 0 aliphatic carbocycles. The highest BCUT2D eigenvalue weighted by molar-refractivity contribution is 5.94. The molecule has 1 amide bonds. The van der Waals surface area contributed by atoms with Crippen molar-refractivity contribution in [2.45, 2.75) is 19.4 Å². The molecule has 4 rings (SSSR count). The number of aromatic nitrogens is 1. The summed E-state index contributed by atoms with van der Waals surface area (Å²) in [6, 6.07) is 9.22. The van der Waals surface area contributed by atoms with Crippen molar-refractivity contribution in [1.29, 1.82) is 0 Å². The Morgan fingerprint density at radius 1 is 1.12 bits per heavy atom. The third-order valence-electron chi connectivity index (χ3n) is 4.33. The number of rotatable bonds is 4. The van der Waals surface area contributed by atoms with E-state index in [1.165, 1.54) is 12.8 Å². The van der Waals surface area contributed by atoms with Crippen LogP contribution in [0.5, 0.6) is 11.5 Å². The minimum Gasteiger partial charge on any atom is -0.454 e. The van der Waals surface area contributed by atoms with Crippen molar-refractivity contribution in [3.05, 3.63) is 47.7 Å². The van der Waals surface area contributed by atoms with Gasteiger partial charge in [0.05, 0.1) is 0 Å². The Hall–Kier alpha value is -2.76. The first-order chi connectivity index (χ1) is 11.8. The number of hydrogen-bond donors (Lipinski definition) is 1. The highest BCUT2D eigenvalue weighted by Gasteiger charge is 2.16. The smallest absolute Gasteiger partial charge is 0.251 e. The summed E-state index contributed by atoms with van der Waals surface area (Å²) in [5.74, 6) is 2.16. The van der Waals surface area contributed by atoms with Crippen LogP contribution < -0.4 is 19.7 Å². The number of carbonyl (C=O) groups excluding carboxylic acids is 1. The molecule has 24 heavy (non-hydrogen) atoms. The number of hydrogen-bond acceptors (Lipinski definition) is 5. The minimum atomic E-state index is -0.142. The molecule has 124 valence electrons. The van der Waals surface area contributed by atoms with E-state index in [0.29, 0.717) is 23.6 Å². The highest BCUT2D eigenvalue weighted by Crippen LogP contribution is 2.32. The van der Waals surface area contributed by atoms with E-state index >= 15 is 0 Å². The Balaban J connectivity index is 1.36. The molecule has 2 aliphatic heterocycles. The van der Waals surface area contributed by atoms with Crippen molar-refractivity contribution in [3.8, 4) is 11.5 Å². The molecule has 3 heterocycles. The Labute approximate surface area is 140 Å². The van der Waals surface area contributed by atoms with Crippen LogP contribution in [0.25, 0.3) is 0 Å². The Morgan fingerprint density at radius 3 is 2.75 bits per heavy atom. The van der Waals surface area contributed by atoms with Crippen molar-refractivity contribution >= 4 is 11.7 Å². The predicted octanol–water partition coefficient (Wildman–Crippen LogP) is 2.34. The summed E-state index contributed by atoms with van der Waals surface area (Å²) in [7, 11) is 0. The second-order valence-corrected chi connectivity index (χ2v) is 5.97. The molecule has 1 fully saturated rings. The molecule has 1 aromatic carbocycles. The second kappa shape index (κ2) is 6.39. The number of pyridine rings is 1. The van der Waals surface area contributed by atoms with Gasteiger partial charge >= 0.3 is 0 Å². The molecular formula is C18H19N3O3. The molecule has 0 atom stereocenters. The molecular weight excluding hydrogens is 306 g/mol. The lowest BCUT2D eigenvalue weighted by Gasteiger charge is -2.16. The fourth-order valence-corrected chi connectivity index (χ4v) is 2.98. The molecule has 2 aliphatic rings. The maximum atomic E-state index is 12.3. The average Bonchev–Trinajstić information content (AvgIpc) is 3.30. The van der Waals surface area contributed by atoms with Gasteiger partial charge in [-0.3, -0.25) is 4.79 Å². The fourth-order valence-electron chi connectivity index (χ4n) is 2.98. The summed E-state index contributed by atoms with van der Waals surface area (Å²) in [6.07, 6.45) is 4.29. The fraction of sp³-hybridized carbons (Fsp3) is 0.333. The van der Waals surface area contributed by atoms with Gasteiger partial charge < -0.3 is 19.7 Å². The average molecular weight is 325 g/mol. The molecule has 0 unspecified atom stereocenters. The normalized spacial score (nSPS) is 15.6. The van der Waals surface area contributed by atoms with E-state index in [1.807, 2.05) is 18.3 Å². The van der Waals surface area contributed by atoms with Crippen LogP contribution in [0.4, 0.5) is 5.82 Å². The number of ether oxygens (including phenoxy) is 2. The zero-order valence-corrected chi connectivity index (χ0v) is 13.3. The number of anilines is 1. The van der Waals surface area contributed by atoms with Crippen LogP contribution >= 0.6 is 0 Å². The monoisotopic (exact) mass is 325 g/mol. The number of nitrogens with zero attached hydrogens (tertiary/aromatic N) is 2. The van der Waals surface area contributed by atoms with E-state index in [-0.39, 0.29) is 12.7 Å². The quantitative estimate of drug-likeness (QED) is 0.935. The standard InChI is InChI=1S/C18H19N3O3/c22-18(14-4-5-15-16(9-14)24-12-23-15)20-11-13-3-6-17(19-10-13)21-7-1-2-8-21/h3-6,9-10H,1-2,7-8,11-12H2,(H,20,22). The molecule has 6 heteroatoms. The Bertz CT molecular complexity index is 740. The first-order valence-corrected chi connectivity index (χ1v) is 8.17. The lowest BCUT2D eigenvalue weighted by molar-refractivity contribution is 0.0950. The molecule has 0 saturated carbocycles. The molecule has 6 nitrogen and oxygen atoms in total. The summed E-state index contributed by atoms with van der Waals surface area (Å²) < 4.78 is 10.5. The van der Waals surface area contributed by atoms with E-state index in [9.17, 15) is 4.79 Å². The molecule has 1 saturated heterocycles. The van der Waals surface area contributed by atoms with Gasteiger partial charge in [-0.1, -0.05) is 6.07 Å². The van der Waals surface area contributed by atoms with E-state index in [4.69, 9.17) is 9.47 Å². The van der Waals surface area contributed by atoms with Gasteiger partial charge in [-0.15, -0.1) is 0 Å². The summed E-state index contributed by atoms with van der Waals surface area (Å²) >= 11 is 0. The summed E-state index contributed by atoms with van der Waals surface area (Å²) in [5.41, 5.74) is 1.54. The lowest BCUT2D eigenvalue weighted by Crippen LogP contribution is -2.23. The third-order valence-corrected chi connectivity index (χ3v) is 4.33. The van der Waals surface area contributed by atoms with E-state index in [0.717, 1.165) is 24.5 Å². The maximum absolute atomic E-state index is 12.3. The number of amides is 1. The van der Waals surface area contributed by atoms with Gasteiger partial charge in [0.1, 0.15) is 5.82 Å². The van der Waals surface area contributed by atoms with Crippen LogP contribution in [0.2, 0.25) is 0 Å². The predicted molar refractivity (Wildman–Crippen MR) is 89.4 cm³/mol. The number of carbonyl (C=O) groups is 1. The van der Waals surface area contributed by atoms with Crippen LogP contribution in [0.15, 0.2) is 36.5 Å². The first-order valence-electron chi connectivity index (χ1n) is 8.17. The van der Waals surface area contributed by atoms with Gasteiger partial charge in [0.25, 0.3) is 5.91 Å². The lowest BCUT2D eigenvalue weighted by atomic mass is 10.2. The molecule has 1 N–H and O–H groups in total. The van der Waals surface area contributed by atoms with Gasteiger partial charge in [0.2, 0.25) is 6.79 Å². The Morgan fingerprint density at radius 2 is 1.96 bits per heavy atom. The SMILES string of the molecule is O=C(NCc1ccc(N2CCCC2)nc1)c1ccc2c(c1)OCO2. The van der Waals surface area contributed by atoms with Gasteiger partial charge in [0, 0.05) is 31.4 Å². The highest BCUT2D eigenvalue weighted by atomic mass is 16.7. The van der Waals surface area contributed by atoms with Crippen LogP contribution in [0.3, 0.4) is 0 Å². The van der Waals surface area contributed by atoms with Gasteiger partial charge in [-0.25, -0.2) is 4.98 Å². The van der Waals surface area contributed by atoms with Crippen LogP contribution in [-0.4, -0.2) is 30.8 Å². The van der Waals surface area contributed by atoms with E-state index in [2.05, 4.69) is 15.2 Å². The zero-order valence-electron chi connectivity index (χ0n) is 13.3. The number of benzene rings is 1. The van der Waals surface area contributed by atoms with Crippen molar-refractivity contribution in [1.82, 2.24) is 10.3 Å². The van der Waals surface area contributed by atoms with Gasteiger partial charge in [0.15, 0.2) is 11.5 Å². The van der Waals surface area contributed by atoms with Crippen LogP contribution in [-0.2, 0) is 6.54 Å². The van der Waals surface area contributed by atoms with E-state index in [1.54, 1.807) is 18.2 Å². The van der Waals surface area contributed by atoms with Crippen molar-refractivity contribution in [2.24, 2.45) is 0 Å². The molecule has 2 aromatic rings. The van der Waals surface area contributed by atoms with Crippen LogP contribution in [0, 0.1) is 0 Å². The largest absolute Gasteiger partial charge is 0.454 e. The van der Waals surface area contributed by atoms with Gasteiger partial charge in [-0.05, 0) is 42.7 Å². The zero-order chi connectivity index (χ0) is 16.4. The maximum Gasteiger partial charge on any atom is 0.251 e. The molecule has 0 spiro atoms. The number of fused-ring (bicyclic) bond motifs is 1. The van der Waals surface area contributed by atoms with Crippen LogP contribution in [0.1, 0.15) is 28.8 Å². The molecule has 0 radical (unpaired) electrons. The third kappa shape index (κ3) is 2.99. The second-order valence-electron chi connectivity index (χ2n) is 5.97. The van der Waals surface area contributed by atoms with E-state index < -0.39 is 0 Å². The Kier molecular flexibility index (Phi) is 3.94. The van der Waals surface area contributed by atoms with Crippen molar-refractivity contribution in [2.75, 3.05) is 24.8 Å². The molecule has 1 aromatic heterocycles.